The van der Waals surface area contributed by atoms with Gasteiger partial charge in [0.2, 0.25) is 0 Å². The number of methoxy groups -OCH3 is 1. The summed E-state index contributed by atoms with van der Waals surface area (Å²) in [5.41, 5.74) is 4.05. The van der Waals surface area contributed by atoms with Crippen molar-refractivity contribution in [3.05, 3.63) is 96.3 Å². The predicted octanol–water partition coefficient (Wildman–Crippen LogP) is 5.61. The van der Waals surface area contributed by atoms with Crippen molar-refractivity contribution in [1.82, 2.24) is 9.78 Å². The van der Waals surface area contributed by atoms with E-state index in [1.54, 1.807) is 7.11 Å². The van der Waals surface area contributed by atoms with E-state index < -0.39 is 7.05 Å². The number of para-hydroxylation sites is 2. The highest BCUT2D eigenvalue weighted by Crippen LogP contribution is 2.49. The average Bonchev–Trinajstić information content (AvgIpc) is 3.09. The van der Waals surface area contributed by atoms with Crippen molar-refractivity contribution in [2.75, 3.05) is 13.8 Å². The van der Waals surface area contributed by atoms with E-state index in [1.807, 2.05) is 53.2 Å². The van der Waals surface area contributed by atoms with Crippen molar-refractivity contribution in [1.29, 1.82) is 0 Å². The number of rotatable bonds is 5. The normalized spacial score (nSPS) is 12.9. The Morgan fingerprint density at radius 3 is 2.10 bits per heavy atom. The SMILES string of the molecule is COc1ccccc1N=P(C)(c1ccccc1)c1c(C)nn(-c2ccccc2)c1C. The lowest BCUT2D eigenvalue weighted by atomic mass is 10.3. The summed E-state index contributed by atoms with van der Waals surface area (Å²) in [4.78, 5) is 0. The molecule has 4 aromatic rings. The first-order chi connectivity index (χ1) is 14.5. The van der Waals surface area contributed by atoms with Crippen LogP contribution in [0, 0.1) is 13.8 Å². The van der Waals surface area contributed by atoms with Gasteiger partial charge in [-0.05, 0) is 50.1 Å². The molecule has 0 aliphatic rings. The Labute approximate surface area is 178 Å². The van der Waals surface area contributed by atoms with Crippen LogP contribution in [0.1, 0.15) is 11.4 Å². The summed E-state index contributed by atoms with van der Waals surface area (Å²) in [7, 11) is -0.458. The number of ether oxygens (including phenoxy) is 1. The Morgan fingerprint density at radius 1 is 0.833 bits per heavy atom. The van der Waals surface area contributed by atoms with Gasteiger partial charge in [-0.25, -0.2) is 4.68 Å². The van der Waals surface area contributed by atoms with Gasteiger partial charge in [-0.3, -0.25) is 4.74 Å². The summed E-state index contributed by atoms with van der Waals surface area (Å²) in [6, 6.07) is 28.8. The minimum absolute atomic E-state index is 0.783. The third kappa shape index (κ3) is 3.59. The maximum absolute atomic E-state index is 5.60. The number of aromatic nitrogens is 2. The highest BCUT2D eigenvalue weighted by molar-refractivity contribution is 7.80. The van der Waals surface area contributed by atoms with Crippen LogP contribution in [0.4, 0.5) is 5.69 Å². The lowest BCUT2D eigenvalue weighted by molar-refractivity contribution is 0.416. The van der Waals surface area contributed by atoms with Crippen molar-refractivity contribution in [2.45, 2.75) is 13.8 Å². The topological polar surface area (TPSA) is 39.4 Å². The summed E-state index contributed by atoms with van der Waals surface area (Å²) < 4.78 is 13.0. The molecule has 0 saturated carbocycles. The van der Waals surface area contributed by atoms with E-state index in [2.05, 4.69) is 56.9 Å². The predicted molar refractivity (Wildman–Crippen MR) is 127 cm³/mol. The second kappa shape index (κ2) is 8.33. The molecule has 30 heavy (non-hydrogen) atoms. The molecule has 0 aliphatic carbocycles. The van der Waals surface area contributed by atoms with Gasteiger partial charge in [-0.15, -0.1) is 0 Å². The zero-order chi connectivity index (χ0) is 21.1. The zero-order valence-electron chi connectivity index (χ0n) is 17.8. The molecule has 4 nitrogen and oxygen atoms in total. The Kier molecular flexibility index (Phi) is 5.61. The van der Waals surface area contributed by atoms with Crippen LogP contribution in [0.25, 0.3) is 5.69 Å². The van der Waals surface area contributed by atoms with Crippen LogP contribution >= 0.6 is 7.05 Å². The minimum Gasteiger partial charge on any atom is -0.494 e. The molecule has 1 aromatic heterocycles. The van der Waals surface area contributed by atoms with E-state index in [0.717, 1.165) is 28.5 Å². The monoisotopic (exact) mass is 415 g/mol. The van der Waals surface area contributed by atoms with E-state index in [0.29, 0.717) is 0 Å². The van der Waals surface area contributed by atoms with Crippen LogP contribution in [-0.2, 0) is 0 Å². The fourth-order valence-electron chi connectivity index (χ4n) is 3.97. The molecular formula is C25H26N3OP. The van der Waals surface area contributed by atoms with E-state index in [-0.39, 0.29) is 0 Å². The van der Waals surface area contributed by atoms with Crippen LogP contribution in [-0.4, -0.2) is 23.6 Å². The zero-order valence-corrected chi connectivity index (χ0v) is 18.7. The molecule has 1 atom stereocenters. The Morgan fingerprint density at radius 2 is 1.43 bits per heavy atom. The van der Waals surface area contributed by atoms with E-state index in [1.165, 1.54) is 10.6 Å². The van der Waals surface area contributed by atoms with Gasteiger partial charge < -0.3 is 4.74 Å². The first-order valence-electron chi connectivity index (χ1n) is 9.95. The van der Waals surface area contributed by atoms with Gasteiger partial charge in [0.25, 0.3) is 0 Å². The molecule has 0 spiro atoms. The highest BCUT2D eigenvalue weighted by atomic mass is 31.2. The van der Waals surface area contributed by atoms with E-state index in [9.17, 15) is 0 Å². The van der Waals surface area contributed by atoms with Crippen molar-refractivity contribution in [2.24, 2.45) is 4.74 Å². The molecule has 0 aliphatic heterocycles. The lowest BCUT2D eigenvalue weighted by Gasteiger charge is -2.22. The van der Waals surface area contributed by atoms with E-state index >= 15 is 0 Å². The molecule has 0 amide bonds. The van der Waals surface area contributed by atoms with Gasteiger partial charge >= 0.3 is 0 Å². The molecule has 3 aromatic carbocycles. The van der Waals surface area contributed by atoms with Crippen LogP contribution < -0.4 is 15.3 Å². The molecule has 5 heteroatoms. The molecule has 0 radical (unpaired) electrons. The summed E-state index contributed by atoms with van der Waals surface area (Å²) in [6.07, 6.45) is 0. The third-order valence-corrected chi connectivity index (χ3v) is 8.78. The van der Waals surface area contributed by atoms with Gasteiger partial charge in [0, 0.05) is 12.4 Å². The number of hydrogen-bond donors (Lipinski definition) is 0. The van der Waals surface area contributed by atoms with Crippen LogP contribution in [0.3, 0.4) is 0 Å². The van der Waals surface area contributed by atoms with Gasteiger partial charge in [0.1, 0.15) is 11.4 Å². The molecule has 152 valence electrons. The van der Waals surface area contributed by atoms with Gasteiger partial charge in [0.15, 0.2) is 0 Å². The molecular weight excluding hydrogens is 389 g/mol. The quantitative estimate of drug-likeness (QED) is 0.398. The Hall–Kier alpha value is -3.10. The fourth-order valence-corrected chi connectivity index (χ4v) is 7.19. The first kappa shape index (κ1) is 20.2. The fraction of sp³-hybridized carbons (Fsp3) is 0.160. The summed E-state index contributed by atoms with van der Waals surface area (Å²) in [6.45, 7) is 6.49. The highest BCUT2D eigenvalue weighted by Gasteiger charge is 2.28. The molecule has 0 saturated heterocycles. The second-order valence-electron chi connectivity index (χ2n) is 7.33. The van der Waals surface area contributed by atoms with Crippen LogP contribution in [0.2, 0.25) is 0 Å². The number of benzene rings is 3. The molecule has 0 N–H and O–H groups in total. The number of aryl methyl sites for hydroxylation is 1. The summed E-state index contributed by atoms with van der Waals surface area (Å²) >= 11 is 0. The molecule has 0 bridgehead atoms. The van der Waals surface area contributed by atoms with Crippen LogP contribution in [0.5, 0.6) is 5.75 Å². The maximum atomic E-state index is 5.60. The Bertz CT molecular complexity index is 1210. The number of hydrogen-bond acceptors (Lipinski definition) is 3. The van der Waals surface area contributed by atoms with Crippen molar-refractivity contribution >= 4 is 23.4 Å². The average molecular weight is 415 g/mol. The van der Waals surface area contributed by atoms with Gasteiger partial charge in [-0.2, -0.15) is 5.10 Å². The lowest BCUT2D eigenvalue weighted by Crippen LogP contribution is -2.19. The molecule has 1 heterocycles. The molecule has 0 fully saturated rings. The van der Waals surface area contributed by atoms with Crippen LogP contribution in [0.15, 0.2) is 89.7 Å². The standard InChI is InChI=1S/C25H26N3OP/c1-19-25(20(2)28(26-19)21-13-7-5-8-14-21)30(4,22-15-9-6-10-16-22)27-23-17-11-12-18-24(23)29-3/h5-18H,1-4H3. The van der Waals surface area contributed by atoms with E-state index in [4.69, 9.17) is 14.6 Å². The minimum atomic E-state index is -2.15. The van der Waals surface area contributed by atoms with Crippen molar-refractivity contribution in [3.63, 3.8) is 0 Å². The third-order valence-electron chi connectivity index (χ3n) is 5.34. The second-order valence-corrected chi connectivity index (χ2v) is 10.4. The Balaban J connectivity index is 2.02. The van der Waals surface area contributed by atoms with Gasteiger partial charge in [0.05, 0.1) is 24.2 Å². The first-order valence-corrected chi connectivity index (χ1v) is 12.1. The number of nitrogens with zero attached hydrogens (tertiary/aromatic N) is 3. The van der Waals surface area contributed by atoms with Crippen molar-refractivity contribution in [3.8, 4) is 11.4 Å². The summed E-state index contributed by atoms with van der Waals surface area (Å²) in [5.74, 6) is 0.783. The van der Waals surface area contributed by atoms with Crippen molar-refractivity contribution < 1.29 is 4.74 Å². The summed E-state index contributed by atoms with van der Waals surface area (Å²) in [5, 5.41) is 7.34. The maximum Gasteiger partial charge on any atom is 0.144 e. The van der Waals surface area contributed by atoms with Gasteiger partial charge in [-0.1, -0.05) is 60.7 Å². The largest absolute Gasteiger partial charge is 0.494 e. The smallest absolute Gasteiger partial charge is 0.144 e. The molecule has 1 unspecified atom stereocenters. The molecule has 4 rings (SSSR count).